The normalized spacial score (nSPS) is 12.1. The Morgan fingerprint density at radius 2 is 2.22 bits per heavy atom. The number of aromatic nitrogens is 4. The SMILES string of the molecule is CCCCC(C(=O)O)n1nnnc1-c1ccc(C)c([N+](=O)[O-])c1. The average molecular weight is 319 g/mol. The summed E-state index contributed by atoms with van der Waals surface area (Å²) in [5.74, 6) is -0.829. The number of tetrazole rings is 1. The number of aliphatic carboxylic acids is 1. The summed E-state index contributed by atoms with van der Waals surface area (Å²) in [6.45, 7) is 3.59. The van der Waals surface area contributed by atoms with E-state index in [0.717, 1.165) is 6.42 Å². The fourth-order valence-electron chi connectivity index (χ4n) is 2.29. The number of hydrogen-bond donors (Lipinski definition) is 1. The van der Waals surface area contributed by atoms with Crippen LogP contribution in [0.2, 0.25) is 0 Å². The van der Waals surface area contributed by atoms with Crippen LogP contribution in [0.25, 0.3) is 11.4 Å². The standard InChI is InChI=1S/C14H17N5O4/c1-3-4-5-11(14(20)21)18-13(15-16-17-18)10-7-6-9(2)12(8-10)19(22)23/h6-8,11H,3-5H2,1-2H3,(H,20,21). The summed E-state index contributed by atoms with van der Waals surface area (Å²) in [6.07, 6.45) is 1.94. The molecule has 9 nitrogen and oxygen atoms in total. The van der Waals surface area contributed by atoms with E-state index in [-0.39, 0.29) is 11.5 Å². The van der Waals surface area contributed by atoms with Gasteiger partial charge >= 0.3 is 5.97 Å². The van der Waals surface area contributed by atoms with E-state index < -0.39 is 16.9 Å². The van der Waals surface area contributed by atoms with Crippen molar-refractivity contribution in [2.24, 2.45) is 0 Å². The van der Waals surface area contributed by atoms with E-state index in [1.165, 1.54) is 10.7 Å². The third-order valence-electron chi connectivity index (χ3n) is 3.57. The molecule has 0 aliphatic heterocycles. The van der Waals surface area contributed by atoms with E-state index in [9.17, 15) is 20.0 Å². The summed E-state index contributed by atoms with van der Waals surface area (Å²) in [7, 11) is 0. The van der Waals surface area contributed by atoms with Crippen LogP contribution >= 0.6 is 0 Å². The molecular weight excluding hydrogens is 302 g/mol. The Labute approximate surface area is 132 Å². The van der Waals surface area contributed by atoms with Gasteiger partial charge in [-0.3, -0.25) is 10.1 Å². The summed E-state index contributed by atoms with van der Waals surface area (Å²) >= 11 is 0. The Morgan fingerprint density at radius 1 is 1.48 bits per heavy atom. The van der Waals surface area contributed by atoms with Crippen LogP contribution in [0, 0.1) is 17.0 Å². The molecule has 0 aliphatic carbocycles. The first kappa shape index (κ1) is 16.5. The second-order valence-corrected chi connectivity index (χ2v) is 5.20. The first-order valence-corrected chi connectivity index (χ1v) is 7.21. The fourth-order valence-corrected chi connectivity index (χ4v) is 2.29. The number of carboxylic acid groups (broad SMARTS) is 1. The van der Waals surface area contributed by atoms with Gasteiger partial charge in [-0.2, -0.15) is 0 Å². The number of nitro groups is 1. The summed E-state index contributed by atoms with van der Waals surface area (Å²) < 4.78 is 1.21. The van der Waals surface area contributed by atoms with Crippen LogP contribution in [0.15, 0.2) is 18.2 Å². The van der Waals surface area contributed by atoms with Gasteiger partial charge < -0.3 is 5.11 Å². The topological polar surface area (TPSA) is 124 Å². The molecule has 9 heteroatoms. The molecule has 1 atom stereocenters. The molecule has 0 radical (unpaired) electrons. The minimum atomic E-state index is -1.03. The number of carbonyl (C=O) groups is 1. The molecule has 0 bridgehead atoms. The van der Waals surface area contributed by atoms with Crippen LogP contribution < -0.4 is 0 Å². The second-order valence-electron chi connectivity index (χ2n) is 5.20. The molecule has 2 aromatic rings. The number of nitro benzene ring substituents is 1. The maximum absolute atomic E-state index is 11.5. The molecule has 0 aliphatic rings. The molecule has 2 rings (SSSR count). The van der Waals surface area contributed by atoms with Crippen LogP contribution in [0.5, 0.6) is 0 Å². The van der Waals surface area contributed by atoms with Gasteiger partial charge in [-0.05, 0) is 23.8 Å². The Balaban J connectivity index is 2.46. The van der Waals surface area contributed by atoms with E-state index in [2.05, 4.69) is 15.5 Å². The van der Waals surface area contributed by atoms with Crippen molar-refractivity contribution >= 4 is 11.7 Å². The van der Waals surface area contributed by atoms with Gasteiger partial charge in [0.05, 0.1) is 4.92 Å². The van der Waals surface area contributed by atoms with Gasteiger partial charge in [0.1, 0.15) is 0 Å². The summed E-state index contributed by atoms with van der Waals surface area (Å²) in [4.78, 5) is 22.1. The zero-order valence-electron chi connectivity index (χ0n) is 12.8. The summed E-state index contributed by atoms with van der Waals surface area (Å²) in [6, 6.07) is 3.69. The number of aryl methyl sites for hydroxylation is 1. The highest BCUT2D eigenvalue weighted by atomic mass is 16.6. The highest BCUT2D eigenvalue weighted by molar-refractivity contribution is 5.73. The lowest BCUT2D eigenvalue weighted by molar-refractivity contribution is -0.385. The smallest absolute Gasteiger partial charge is 0.328 e. The van der Waals surface area contributed by atoms with Gasteiger partial charge in [0.15, 0.2) is 11.9 Å². The molecule has 23 heavy (non-hydrogen) atoms. The number of hydrogen-bond acceptors (Lipinski definition) is 6. The van der Waals surface area contributed by atoms with E-state index in [0.29, 0.717) is 24.0 Å². The summed E-state index contributed by atoms with van der Waals surface area (Å²) in [5, 5.41) is 31.6. The molecule has 1 N–H and O–H groups in total. The van der Waals surface area contributed by atoms with Gasteiger partial charge in [0, 0.05) is 17.2 Å². The van der Waals surface area contributed by atoms with Crippen molar-refractivity contribution in [2.75, 3.05) is 0 Å². The number of unbranched alkanes of at least 4 members (excludes halogenated alkanes) is 1. The second kappa shape index (κ2) is 6.95. The molecule has 0 fully saturated rings. The lowest BCUT2D eigenvalue weighted by Gasteiger charge is -2.13. The number of benzene rings is 1. The van der Waals surface area contributed by atoms with Crippen LogP contribution in [0.3, 0.4) is 0 Å². The van der Waals surface area contributed by atoms with Crippen molar-refractivity contribution in [2.45, 2.75) is 39.2 Å². The first-order chi connectivity index (χ1) is 11.0. The summed E-state index contributed by atoms with van der Waals surface area (Å²) in [5.41, 5.74) is 0.867. The van der Waals surface area contributed by atoms with E-state index in [1.54, 1.807) is 19.1 Å². The maximum Gasteiger partial charge on any atom is 0.328 e. The molecule has 122 valence electrons. The highest BCUT2D eigenvalue weighted by Gasteiger charge is 2.25. The van der Waals surface area contributed by atoms with E-state index in [1.807, 2.05) is 6.92 Å². The lowest BCUT2D eigenvalue weighted by Crippen LogP contribution is -2.21. The molecule has 1 unspecified atom stereocenters. The minimum absolute atomic E-state index is 0.0579. The van der Waals surface area contributed by atoms with Gasteiger partial charge in [0.25, 0.3) is 5.69 Å². The number of carboxylic acids is 1. The molecule has 0 saturated heterocycles. The molecule has 0 amide bonds. The average Bonchev–Trinajstić information content (AvgIpc) is 2.97. The monoisotopic (exact) mass is 319 g/mol. The zero-order valence-corrected chi connectivity index (χ0v) is 12.8. The number of rotatable bonds is 7. The Hall–Kier alpha value is -2.84. The van der Waals surface area contributed by atoms with Crippen LogP contribution in [-0.4, -0.2) is 36.2 Å². The zero-order chi connectivity index (χ0) is 17.0. The fraction of sp³-hybridized carbons (Fsp3) is 0.429. The van der Waals surface area contributed by atoms with Crippen molar-refractivity contribution in [1.29, 1.82) is 0 Å². The molecular formula is C14H17N5O4. The van der Waals surface area contributed by atoms with Crippen molar-refractivity contribution in [3.63, 3.8) is 0 Å². The van der Waals surface area contributed by atoms with E-state index >= 15 is 0 Å². The predicted octanol–water partition coefficient (Wildman–Crippen LogP) is 2.37. The first-order valence-electron chi connectivity index (χ1n) is 7.21. The van der Waals surface area contributed by atoms with Crippen molar-refractivity contribution < 1.29 is 14.8 Å². The van der Waals surface area contributed by atoms with Crippen molar-refractivity contribution in [3.05, 3.63) is 33.9 Å². The number of nitrogens with zero attached hydrogens (tertiary/aromatic N) is 5. The van der Waals surface area contributed by atoms with Gasteiger partial charge in [0.2, 0.25) is 0 Å². The quantitative estimate of drug-likeness (QED) is 0.613. The maximum atomic E-state index is 11.5. The Morgan fingerprint density at radius 3 is 2.83 bits per heavy atom. The molecule has 0 spiro atoms. The molecule has 1 heterocycles. The van der Waals surface area contributed by atoms with Gasteiger partial charge in [-0.15, -0.1) is 5.10 Å². The lowest BCUT2D eigenvalue weighted by atomic mass is 10.1. The van der Waals surface area contributed by atoms with Crippen molar-refractivity contribution in [1.82, 2.24) is 20.2 Å². The van der Waals surface area contributed by atoms with Crippen LogP contribution in [0.4, 0.5) is 5.69 Å². The van der Waals surface area contributed by atoms with Gasteiger partial charge in [-0.25, -0.2) is 9.48 Å². The van der Waals surface area contributed by atoms with Crippen LogP contribution in [-0.2, 0) is 4.79 Å². The molecule has 0 saturated carbocycles. The van der Waals surface area contributed by atoms with E-state index in [4.69, 9.17) is 0 Å². The predicted molar refractivity (Wildman–Crippen MR) is 80.8 cm³/mol. The Kier molecular flexibility index (Phi) is 4.99. The van der Waals surface area contributed by atoms with Gasteiger partial charge in [-0.1, -0.05) is 31.9 Å². The highest BCUT2D eigenvalue weighted by Crippen LogP contribution is 2.27. The third-order valence-corrected chi connectivity index (χ3v) is 3.57. The van der Waals surface area contributed by atoms with Crippen LogP contribution in [0.1, 0.15) is 37.8 Å². The largest absolute Gasteiger partial charge is 0.480 e. The third kappa shape index (κ3) is 3.50. The Bertz CT molecular complexity index is 728. The molecule has 1 aromatic carbocycles. The van der Waals surface area contributed by atoms with Crippen molar-refractivity contribution in [3.8, 4) is 11.4 Å². The molecule has 1 aromatic heterocycles. The minimum Gasteiger partial charge on any atom is -0.480 e.